The van der Waals surface area contributed by atoms with Crippen molar-refractivity contribution in [1.82, 2.24) is 20.2 Å². The molecular formula is C31H33ClF6N6O. The summed E-state index contributed by atoms with van der Waals surface area (Å²) >= 11 is 6.48. The topological polar surface area (TPSA) is 79.5 Å². The number of alkyl halides is 4. The first kappa shape index (κ1) is 30.6. The smallest absolute Gasteiger partial charge is 0.417 e. The first-order valence-electron chi connectivity index (χ1n) is 15.3. The molecular weight excluding hydrogens is 622 g/mol. The number of nitrogens with zero attached hydrogens (tertiary/aromatic N) is 4. The number of piperazine rings is 1. The highest BCUT2D eigenvalue weighted by atomic mass is 35.5. The van der Waals surface area contributed by atoms with Gasteiger partial charge in [-0.3, -0.25) is 4.90 Å². The number of hydrogen-bond acceptors (Lipinski definition) is 7. The van der Waals surface area contributed by atoms with Crippen LogP contribution in [0.2, 0.25) is 5.02 Å². The lowest BCUT2D eigenvalue weighted by Gasteiger charge is -2.43. The molecule has 2 aromatic carbocycles. The molecule has 1 aliphatic carbocycles. The molecule has 3 aromatic rings. The number of anilines is 2. The second kappa shape index (κ2) is 11.3. The van der Waals surface area contributed by atoms with Gasteiger partial charge in [-0.25, -0.2) is 13.2 Å². The van der Waals surface area contributed by atoms with Crippen LogP contribution in [0.25, 0.3) is 22.0 Å². The Labute approximate surface area is 261 Å². The van der Waals surface area contributed by atoms with Crippen molar-refractivity contribution in [2.75, 3.05) is 50.0 Å². The molecule has 0 radical (unpaired) electrons. The highest BCUT2D eigenvalue weighted by Crippen LogP contribution is 2.47. The summed E-state index contributed by atoms with van der Waals surface area (Å²) in [5, 5.41) is 3.27. The molecule has 1 saturated carbocycles. The van der Waals surface area contributed by atoms with Gasteiger partial charge in [0.05, 0.1) is 22.9 Å². The van der Waals surface area contributed by atoms with Crippen molar-refractivity contribution < 1.29 is 31.1 Å². The maximum Gasteiger partial charge on any atom is 0.417 e. The van der Waals surface area contributed by atoms with Crippen molar-refractivity contribution in [2.45, 2.75) is 63.0 Å². The van der Waals surface area contributed by atoms with E-state index >= 15 is 8.78 Å². The van der Waals surface area contributed by atoms with E-state index in [1.54, 1.807) is 0 Å². The SMILES string of the molecule is Nc1ccc(C(F)(F)F)c(-c2c(Cl)cc3c(N4CC5CCC(C4)N5)nc(OCC4(CN5CC[C@@H](F)C5)CCC4)nc3c2F)c1F. The molecule has 3 N–H and O–H groups in total. The summed E-state index contributed by atoms with van der Waals surface area (Å²) in [6, 6.07) is 2.91. The average Bonchev–Trinajstić information content (AvgIpc) is 3.54. The molecule has 4 fully saturated rings. The van der Waals surface area contributed by atoms with Crippen LogP contribution in [0.5, 0.6) is 6.01 Å². The standard InChI is InChI=1S/C31H33ClF6N6O/c32-21-10-19-27(26(35)24(21)23-20(31(36,37)38)4-5-22(39)25(23)34)41-29(42-28(19)44-12-17-2-3-18(13-44)40-17)45-15-30(7-1-8-30)14-43-9-6-16(33)11-43/h4-5,10,16-18,40H,1-3,6-9,11-15,39H2/t16-,17?,18?/m1/s1. The van der Waals surface area contributed by atoms with E-state index in [0.717, 1.165) is 38.2 Å². The predicted molar refractivity (Wildman–Crippen MR) is 159 cm³/mol. The average molecular weight is 655 g/mol. The van der Waals surface area contributed by atoms with Crippen LogP contribution in [0.1, 0.15) is 44.1 Å². The Bertz CT molecular complexity index is 1620. The Morgan fingerprint density at radius 3 is 2.38 bits per heavy atom. The molecule has 2 bridgehead atoms. The number of nitrogens with one attached hydrogen (secondary N) is 1. The van der Waals surface area contributed by atoms with Gasteiger partial charge in [-0.15, -0.1) is 0 Å². The molecule has 1 aromatic heterocycles. The molecule has 3 atom stereocenters. The Balaban J connectivity index is 1.33. The Hall–Kier alpha value is -3.03. The van der Waals surface area contributed by atoms with E-state index < -0.39 is 51.4 Å². The van der Waals surface area contributed by atoms with Gasteiger partial charge in [0.25, 0.3) is 0 Å². The minimum absolute atomic E-state index is 0.143. The van der Waals surface area contributed by atoms with Crippen molar-refractivity contribution in [3.05, 3.63) is 40.4 Å². The number of benzene rings is 2. The zero-order valence-electron chi connectivity index (χ0n) is 24.4. The molecule has 14 heteroatoms. The number of ether oxygens (including phenoxy) is 1. The molecule has 4 heterocycles. The van der Waals surface area contributed by atoms with E-state index in [-0.39, 0.29) is 41.0 Å². The summed E-state index contributed by atoms with van der Waals surface area (Å²) in [4.78, 5) is 13.1. The van der Waals surface area contributed by atoms with Crippen LogP contribution in [-0.4, -0.2) is 72.5 Å². The van der Waals surface area contributed by atoms with Crippen LogP contribution in [0.3, 0.4) is 0 Å². The van der Waals surface area contributed by atoms with Gasteiger partial charge >= 0.3 is 12.2 Å². The number of rotatable bonds is 7. The van der Waals surface area contributed by atoms with E-state index in [2.05, 4.69) is 15.2 Å². The third-order valence-corrected chi connectivity index (χ3v) is 10.1. The minimum Gasteiger partial charge on any atom is -0.463 e. The van der Waals surface area contributed by atoms with E-state index in [4.69, 9.17) is 27.1 Å². The zero-order valence-corrected chi connectivity index (χ0v) is 25.1. The van der Waals surface area contributed by atoms with Crippen LogP contribution in [0.4, 0.5) is 37.8 Å². The monoisotopic (exact) mass is 654 g/mol. The maximum atomic E-state index is 16.6. The second-order valence-electron chi connectivity index (χ2n) is 13.0. The van der Waals surface area contributed by atoms with Crippen molar-refractivity contribution in [2.24, 2.45) is 5.41 Å². The van der Waals surface area contributed by atoms with Gasteiger partial charge in [0.15, 0.2) is 11.6 Å². The lowest BCUT2D eigenvalue weighted by atomic mass is 9.69. The summed E-state index contributed by atoms with van der Waals surface area (Å²) in [7, 11) is 0. The molecule has 242 valence electrons. The fraction of sp³-hybridized carbons (Fsp3) is 0.548. The molecule has 7 rings (SSSR count). The lowest BCUT2D eigenvalue weighted by Crippen LogP contribution is -2.51. The molecule has 3 saturated heterocycles. The highest BCUT2D eigenvalue weighted by molar-refractivity contribution is 6.34. The predicted octanol–water partition coefficient (Wildman–Crippen LogP) is 6.36. The van der Waals surface area contributed by atoms with Gasteiger partial charge < -0.3 is 20.7 Å². The Kier molecular flexibility index (Phi) is 7.72. The van der Waals surface area contributed by atoms with Crippen molar-refractivity contribution in [1.29, 1.82) is 0 Å². The molecule has 4 aliphatic rings. The van der Waals surface area contributed by atoms with Crippen molar-refractivity contribution >= 4 is 34.0 Å². The van der Waals surface area contributed by atoms with Gasteiger partial charge in [-0.05, 0) is 50.3 Å². The summed E-state index contributed by atoms with van der Waals surface area (Å²) in [6.07, 6.45) is -0.733. The Morgan fingerprint density at radius 1 is 1.02 bits per heavy atom. The van der Waals surface area contributed by atoms with E-state index in [9.17, 15) is 17.6 Å². The first-order valence-corrected chi connectivity index (χ1v) is 15.6. The van der Waals surface area contributed by atoms with Crippen LogP contribution in [0, 0.1) is 17.0 Å². The number of fused-ring (bicyclic) bond motifs is 3. The van der Waals surface area contributed by atoms with Gasteiger partial charge in [-0.2, -0.15) is 23.1 Å². The molecule has 45 heavy (non-hydrogen) atoms. The van der Waals surface area contributed by atoms with E-state index in [1.807, 2.05) is 4.90 Å². The fourth-order valence-electron chi connectivity index (χ4n) is 7.38. The molecule has 0 amide bonds. The largest absolute Gasteiger partial charge is 0.463 e. The summed E-state index contributed by atoms with van der Waals surface area (Å²) < 4.78 is 94.0. The molecule has 2 unspecified atom stereocenters. The minimum atomic E-state index is -5.02. The third kappa shape index (κ3) is 5.65. The third-order valence-electron chi connectivity index (χ3n) is 9.78. The van der Waals surface area contributed by atoms with E-state index in [1.165, 1.54) is 6.07 Å². The van der Waals surface area contributed by atoms with Crippen LogP contribution >= 0.6 is 11.6 Å². The summed E-state index contributed by atoms with van der Waals surface area (Å²) in [5.74, 6) is -2.32. The number of hydrogen-bond donors (Lipinski definition) is 2. The molecule has 0 spiro atoms. The number of nitrogen functional groups attached to an aromatic ring is 1. The van der Waals surface area contributed by atoms with Crippen LogP contribution < -0.4 is 20.7 Å². The van der Waals surface area contributed by atoms with Gasteiger partial charge in [0.1, 0.15) is 17.5 Å². The fourth-order valence-corrected chi connectivity index (χ4v) is 7.67. The molecule has 7 nitrogen and oxygen atoms in total. The first-order chi connectivity index (χ1) is 21.4. The van der Waals surface area contributed by atoms with Crippen LogP contribution in [-0.2, 0) is 6.18 Å². The quantitative estimate of drug-likeness (QED) is 0.227. The van der Waals surface area contributed by atoms with Crippen molar-refractivity contribution in [3.63, 3.8) is 0 Å². The summed E-state index contributed by atoms with van der Waals surface area (Å²) in [6.45, 7) is 3.03. The van der Waals surface area contributed by atoms with Gasteiger partial charge in [-0.1, -0.05) is 18.0 Å². The number of aromatic nitrogens is 2. The van der Waals surface area contributed by atoms with Crippen LogP contribution in [0.15, 0.2) is 18.2 Å². The van der Waals surface area contributed by atoms with Gasteiger partial charge in [0.2, 0.25) is 0 Å². The zero-order chi connectivity index (χ0) is 31.7. The highest BCUT2D eigenvalue weighted by Gasteiger charge is 2.42. The van der Waals surface area contributed by atoms with Gasteiger partial charge in [0, 0.05) is 66.7 Å². The van der Waals surface area contributed by atoms with E-state index in [0.29, 0.717) is 51.0 Å². The molecule has 3 aliphatic heterocycles. The summed E-state index contributed by atoms with van der Waals surface area (Å²) in [5.41, 5.74) is 1.19. The lowest BCUT2D eigenvalue weighted by molar-refractivity contribution is -0.137. The second-order valence-corrected chi connectivity index (χ2v) is 13.4. The maximum absolute atomic E-state index is 16.6. The normalized spacial score (nSPS) is 24.8. The van der Waals surface area contributed by atoms with Crippen molar-refractivity contribution in [3.8, 4) is 17.1 Å². The number of likely N-dealkylation sites (tertiary alicyclic amines) is 1. The number of nitrogens with two attached hydrogens (primary N) is 1. The Morgan fingerprint density at radius 2 is 1.76 bits per heavy atom. The number of halogens is 7.